The summed E-state index contributed by atoms with van der Waals surface area (Å²) in [5, 5.41) is 9.92. The van der Waals surface area contributed by atoms with E-state index in [4.69, 9.17) is 9.90 Å². The second-order valence-electron chi connectivity index (χ2n) is 6.47. The molecule has 1 amide bonds. The first-order valence-corrected chi connectivity index (χ1v) is 8.77. The van der Waals surface area contributed by atoms with Gasteiger partial charge in [-0.05, 0) is 30.3 Å². The van der Waals surface area contributed by atoms with Crippen molar-refractivity contribution in [2.75, 3.05) is 6.54 Å². The Morgan fingerprint density at radius 3 is 2.26 bits per heavy atom. The molecule has 0 bridgehead atoms. The number of benzene rings is 1. The number of rotatable bonds is 2. The first kappa shape index (κ1) is 21.9. The number of carbonyl (C=O) groups is 2. The Balaban J connectivity index is 0.000000339. The third-order valence-electron chi connectivity index (χ3n) is 4.28. The van der Waals surface area contributed by atoms with Gasteiger partial charge in [0.15, 0.2) is 0 Å². The molecule has 0 aliphatic carbocycles. The molecule has 1 aliphatic rings. The van der Waals surface area contributed by atoms with E-state index in [-0.39, 0.29) is 5.91 Å². The molecule has 0 saturated heterocycles. The number of carboxylic acid groups (broad SMARTS) is 1. The topological polar surface area (TPSA) is 95.1 Å². The Morgan fingerprint density at radius 2 is 1.68 bits per heavy atom. The quantitative estimate of drug-likeness (QED) is 0.527. The maximum atomic E-state index is 13.4. The summed E-state index contributed by atoms with van der Waals surface area (Å²) >= 11 is 0. The fraction of sp³-hybridized carbons (Fsp3) is 0.150. The van der Waals surface area contributed by atoms with E-state index in [0.717, 1.165) is 29.4 Å². The minimum atomic E-state index is -5.08. The number of halogens is 5. The number of carbonyl (C=O) groups excluding carboxylic acids is 1. The van der Waals surface area contributed by atoms with Crippen molar-refractivity contribution < 1.29 is 36.6 Å². The zero-order valence-corrected chi connectivity index (χ0v) is 15.6. The number of nitrogens with one attached hydrogen (secondary N) is 2. The van der Waals surface area contributed by atoms with Gasteiger partial charge in [0.1, 0.15) is 11.6 Å². The number of nitrogens with zero attached hydrogens (tertiary/aromatic N) is 1. The summed E-state index contributed by atoms with van der Waals surface area (Å²) in [6, 6.07) is 8.61. The van der Waals surface area contributed by atoms with Crippen molar-refractivity contribution in [1.29, 1.82) is 0 Å². The number of H-pyrrole nitrogens is 1. The van der Waals surface area contributed by atoms with E-state index in [1.165, 1.54) is 12.1 Å². The third kappa shape index (κ3) is 5.24. The number of fused-ring (bicyclic) bond motifs is 1. The van der Waals surface area contributed by atoms with E-state index in [0.29, 0.717) is 23.4 Å². The number of carboxylic acids is 1. The second kappa shape index (κ2) is 8.54. The van der Waals surface area contributed by atoms with Crippen LogP contribution in [0.5, 0.6) is 0 Å². The number of aromatic amines is 1. The van der Waals surface area contributed by atoms with Crippen LogP contribution >= 0.6 is 0 Å². The Bertz CT molecular complexity index is 1120. The van der Waals surface area contributed by atoms with Crippen molar-refractivity contribution in [1.82, 2.24) is 15.3 Å². The summed E-state index contributed by atoms with van der Waals surface area (Å²) < 4.78 is 58.6. The predicted octanol–water partition coefficient (Wildman–Crippen LogP) is 3.94. The van der Waals surface area contributed by atoms with E-state index >= 15 is 0 Å². The lowest BCUT2D eigenvalue weighted by Crippen LogP contribution is -2.31. The van der Waals surface area contributed by atoms with Gasteiger partial charge in [-0.3, -0.25) is 9.78 Å². The highest BCUT2D eigenvalue weighted by Gasteiger charge is 2.38. The number of alkyl halides is 3. The van der Waals surface area contributed by atoms with Crippen LogP contribution in [0.4, 0.5) is 22.0 Å². The highest BCUT2D eigenvalue weighted by Crippen LogP contribution is 2.27. The standard InChI is InChI=1S/C18H13F2N3O.C2HF3O2/c19-12-5-11(6-13(20)8-12)16-7-10(1-3-21-16)17-9-14-15(23-17)2-4-22-18(14)24;3-2(4,5)1(6)7/h1,3,5-9,23H,2,4H2,(H,22,24);(H,6,7). The van der Waals surface area contributed by atoms with Crippen LogP contribution in [0.3, 0.4) is 0 Å². The number of hydrogen-bond acceptors (Lipinski definition) is 3. The van der Waals surface area contributed by atoms with E-state index in [9.17, 15) is 26.7 Å². The maximum Gasteiger partial charge on any atom is 0.490 e. The fourth-order valence-corrected chi connectivity index (χ4v) is 2.91. The molecule has 1 aliphatic heterocycles. The molecule has 0 fully saturated rings. The highest BCUT2D eigenvalue weighted by molar-refractivity contribution is 5.97. The van der Waals surface area contributed by atoms with Crippen LogP contribution in [0.15, 0.2) is 42.6 Å². The first-order chi connectivity index (χ1) is 14.5. The zero-order chi connectivity index (χ0) is 22.8. The van der Waals surface area contributed by atoms with Crippen LogP contribution in [0, 0.1) is 11.6 Å². The molecule has 0 spiro atoms. The minimum Gasteiger partial charge on any atom is -0.475 e. The van der Waals surface area contributed by atoms with E-state index in [2.05, 4.69) is 15.3 Å². The fourth-order valence-electron chi connectivity index (χ4n) is 2.91. The maximum absolute atomic E-state index is 13.4. The number of hydrogen-bond donors (Lipinski definition) is 3. The summed E-state index contributed by atoms with van der Waals surface area (Å²) in [6.45, 7) is 0.607. The first-order valence-electron chi connectivity index (χ1n) is 8.77. The van der Waals surface area contributed by atoms with Crippen molar-refractivity contribution in [3.63, 3.8) is 0 Å². The summed E-state index contributed by atoms with van der Waals surface area (Å²) in [4.78, 5) is 28.2. The van der Waals surface area contributed by atoms with Crippen molar-refractivity contribution in [2.24, 2.45) is 0 Å². The molecule has 0 radical (unpaired) electrons. The van der Waals surface area contributed by atoms with Crippen LogP contribution in [0.1, 0.15) is 16.1 Å². The molecule has 31 heavy (non-hydrogen) atoms. The second-order valence-corrected chi connectivity index (χ2v) is 6.47. The molecule has 4 rings (SSSR count). The lowest BCUT2D eigenvalue weighted by atomic mass is 10.1. The van der Waals surface area contributed by atoms with Gasteiger partial charge >= 0.3 is 12.1 Å². The molecule has 2 aromatic heterocycles. The Morgan fingerprint density at radius 1 is 1.03 bits per heavy atom. The van der Waals surface area contributed by atoms with Crippen LogP contribution < -0.4 is 5.32 Å². The van der Waals surface area contributed by atoms with Crippen molar-refractivity contribution in [2.45, 2.75) is 12.6 Å². The average molecular weight is 439 g/mol. The number of pyridine rings is 1. The normalized spacial score (nSPS) is 13.0. The molecule has 1 aromatic carbocycles. The molecule has 3 N–H and O–H groups in total. The number of aliphatic carboxylic acids is 1. The molecule has 162 valence electrons. The van der Waals surface area contributed by atoms with Gasteiger partial charge in [-0.15, -0.1) is 0 Å². The molecule has 0 saturated carbocycles. The summed E-state index contributed by atoms with van der Waals surface area (Å²) in [5.74, 6) is -4.15. The zero-order valence-electron chi connectivity index (χ0n) is 15.6. The molecular formula is C20H14F5N3O3. The van der Waals surface area contributed by atoms with Crippen molar-refractivity contribution >= 4 is 11.9 Å². The smallest absolute Gasteiger partial charge is 0.475 e. The van der Waals surface area contributed by atoms with Crippen LogP contribution in [-0.4, -0.2) is 39.7 Å². The molecule has 3 heterocycles. The number of amides is 1. The molecular weight excluding hydrogens is 425 g/mol. The lowest BCUT2D eigenvalue weighted by Gasteiger charge is -2.10. The third-order valence-corrected chi connectivity index (χ3v) is 4.28. The average Bonchev–Trinajstić information content (AvgIpc) is 3.13. The highest BCUT2D eigenvalue weighted by atomic mass is 19.4. The van der Waals surface area contributed by atoms with Crippen LogP contribution in [-0.2, 0) is 11.2 Å². The monoisotopic (exact) mass is 439 g/mol. The van der Waals surface area contributed by atoms with Crippen LogP contribution in [0.25, 0.3) is 22.5 Å². The Hall–Kier alpha value is -3.76. The van der Waals surface area contributed by atoms with E-state index in [1.54, 1.807) is 24.4 Å². The summed E-state index contributed by atoms with van der Waals surface area (Å²) in [7, 11) is 0. The Kier molecular flexibility index (Phi) is 6.04. The van der Waals surface area contributed by atoms with Crippen molar-refractivity contribution in [3.05, 3.63) is 65.5 Å². The molecule has 11 heteroatoms. The predicted molar refractivity (Wildman–Crippen MR) is 99.1 cm³/mol. The molecule has 0 unspecified atom stereocenters. The van der Waals surface area contributed by atoms with E-state index < -0.39 is 23.8 Å². The molecule has 3 aromatic rings. The Labute approximate surface area is 171 Å². The SMILES string of the molecule is O=C(O)C(F)(F)F.O=C1NCCc2[nH]c(-c3ccnc(-c4cc(F)cc(F)c4)c3)cc21. The van der Waals surface area contributed by atoms with Crippen LogP contribution in [0.2, 0.25) is 0 Å². The van der Waals surface area contributed by atoms with Gasteiger partial charge in [0, 0.05) is 47.7 Å². The van der Waals surface area contributed by atoms with Gasteiger partial charge in [0.25, 0.3) is 5.91 Å². The molecule has 0 atom stereocenters. The van der Waals surface area contributed by atoms with Gasteiger partial charge in [0.2, 0.25) is 0 Å². The summed E-state index contributed by atoms with van der Waals surface area (Å²) in [5.41, 5.74) is 3.92. The lowest BCUT2D eigenvalue weighted by molar-refractivity contribution is -0.192. The minimum absolute atomic E-state index is 0.0970. The molecule has 6 nitrogen and oxygen atoms in total. The van der Waals surface area contributed by atoms with Gasteiger partial charge in [-0.1, -0.05) is 0 Å². The van der Waals surface area contributed by atoms with Crippen molar-refractivity contribution in [3.8, 4) is 22.5 Å². The number of aromatic nitrogens is 2. The van der Waals surface area contributed by atoms with Gasteiger partial charge < -0.3 is 15.4 Å². The van der Waals surface area contributed by atoms with Gasteiger partial charge in [0.05, 0.1) is 11.3 Å². The summed E-state index contributed by atoms with van der Waals surface area (Å²) in [6.07, 6.45) is -2.76. The largest absolute Gasteiger partial charge is 0.490 e. The van der Waals surface area contributed by atoms with E-state index in [1.807, 2.05) is 0 Å². The van der Waals surface area contributed by atoms with Gasteiger partial charge in [-0.2, -0.15) is 13.2 Å². The van der Waals surface area contributed by atoms with Gasteiger partial charge in [-0.25, -0.2) is 13.6 Å².